The van der Waals surface area contributed by atoms with Crippen LogP contribution in [0.25, 0.3) is 0 Å². The third-order valence-corrected chi connectivity index (χ3v) is 4.30. The molecular formula is C15H18ClNO3. The second-order valence-corrected chi connectivity index (χ2v) is 5.81. The summed E-state index contributed by atoms with van der Waals surface area (Å²) < 4.78 is 11.3. The maximum absolute atomic E-state index is 12.2. The highest BCUT2D eigenvalue weighted by molar-refractivity contribution is 6.30. The molecule has 2 aliphatic rings. The first-order valence-electron chi connectivity index (χ1n) is 7.01. The van der Waals surface area contributed by atoms with Crippen LogP contribution in [-0.2, 0) is 14.3 Å². The molecule has 108 valence electrons. The Balaban J connectivity index is 1.55. The van der Waals surface area contributed by atoms with Crippen LogP contribution in [0.15, 0.2) is 24.3 Å². The van der Waals surface area contributed by atoms with E-state index in [9.17, 15) is 4.79 Å². The summed E-state index contributed by atoms with van der Waals surface area (Å²) in [5, 5.41) is 3.60. The van der Waals surface area contributed by atoms with Gasteiger partial charge in [-0.15, -0.1) is 0 Å². The Bertz CT molecular complexity index is 472. The van der Waals surface area contributed by atoms with Crippen LogP contribution in [0.4, 0.5) is 5.69 Å². The van der Waals surface area contributed by atoms with Gasteiger partial charge in [-0.1, -0.05) is 11.6 Å². The van der Waals surface area contributed by atoms with E-state index >= 15 is 0 Å². The van der Waals surface area contributed by atoms with Crippen LogP contribution in [0, 0.1) is 5.92 Å². The van der Waals surface area contributed by atoms with Crippen molar-refractivity contribution in [3.05, 3.63) is 29.3 Å². The average molecular weight is 296 g/mol. The first-order chi connectivity index (χ1) is 9.67. The number of carbonyl (C=O) groups is 1. The molecule has 5 heteroatoms. The van der Waals surface area contributed by atoms with Crippen molar-refractivity contribution >= 4 is 23.2 Å². The molecule has 0 bridgehead atoms. The minimum absolute atomic E-state index is 0.0316. The number of rotatable bonds is 2. The van der Waals surface area contributed by atoms with Crippen molar-refractivity contribution in [3.8, 4) is 0 Å². The van der Waals surface area contributed by atoms with Gasteiger partial charge in [0.2, 0.25) is 5.91 Å². The van der Waals surface area contributed by atoms with E-state index in [4.69, 9.17) is 21.1 Å². The molecule has 3 rings (SSSR count). The normalized spacial score (nSPS) is 22.1. The number of hydrogen-bond acceptors (Lipinski definition) is 3. The van der Waals surface area contributed by atoms with Crippen LogP contribution in [0.3, 0.4) is 0 Å². The number of anilines is 1. The zero-order chi connectivity index (χ0) is 14.0. The van der Waals surface area contributed by atoms with Gasteiger partial charge in [0.05, 0.1) is 13.2 Å². The number of hydrogen-bond donors (Lipinski definition) is 1. The van der Waals surface area contributed by atoms with Crippen LogP contribution in [0.5, 0.6) is 0 Å². The van der Waals surface area contributed by atoms with Gasteiger partial charge in [-0.05, 0) is 37.1 Å². The van der Waals surface area contributed by atoms with E-state index in [1.54, 1.807) is 12.1 Å². The smallest absolute Gasteiger partial charge is 0.227 e. The first kappa shape index (κ1) is 13.9. The van der Waals surface area contributed by atoms with E-state index < -0.39 is 5.79 Å². The highest BCUT2D eigenvalue weighted by atomic mass is 35.5. The minimum atomic E-state index is -0.406. The zero-order valence-corrected chi connectivity index (χ0v) is 12.0. The van der Waals surface area contributed by atoms with Crippen molar-refractivity contribution in [2.75, 3.05) is 18.5 Å². The molecule has 1 saturated heterocycles. The minimum Gasteiger partial charge on any atom is -0.348 e. The Morgan fingerprint density at radius 1 is 1.15 bits per heavy atom. The third-order valence-electron chi connectivity index (χ3n) is 4.04. The summed E-state index contributed by atoms with van der Waals surface area (Å²) in [7, 11) is 0. The fourth-order valence-electron chi connectivity index (χ4n) is 2.88. The molecule has 0 unspecified atom stereocenters. The quantitative estimate of drug-likeness (QED) is 0.911. The predicted octanol–water partition coefficient (Wildman–Crippen LogP) is 3.21. The fourth-order valence-corrected chi connectivity index (χ4v) is 3.01. The second-order valence-electron chi connectivity index (χ2n) is 5.38. The van der Waals surface area contributed by atoms with Crippen LogP contribution in [0.1, 0.15) is 25.7 Å². The Morgan fingerprint density at radius 2 is 1.75 bits per heavy atom. The maximum Gasteiger partial charge on any atom is 0.227 e. The van der Waals surface area contributed by atoms with Gasteiger partial charge >= 0.3 is 0 Å². The summed E-state index contributed by atoms with van der Waals surface area (Å²) in [5.41, 5.74) is 0.785. The van der Waals surface area contributed by atoms with Gasteiger partial charge in [-0.25, -0.2) is 0 Å². The first-order valence-corrected chi connectivity index (χ1v) is 7.39. The molecular weight excluding hydrogens is 278 g/mol. The van der Waals surface area contributed by atoms with E-state index in [1.165, 1.54) is 0 Å². The lowest BCUT2D eigenvalue weighted by atomic mass is 9.84. The number of ether oxygens (including phenoxy) is 2. The summed E-state index contributed by atoms with van der Waals surface area (Å²) in [4.78, 5) is 12.2. The number of carbonyl (C=O) groups excluding carboxylic acids is 1. The molecule has 1 aliphatic carbocycles. The SMILES string of the molecule is O=C(Nc1ccc(Cl)cc1)C1CCC2(CC1)OCCO2. The van der Waals surface area contributed by atoms with Crippen LogP contribution < -0.4 is 5.32 Å². The lowest BCUT2D eigenvalue weighted by Crippen LogP contribution is -2.38. The molecule has 1 spiro atoms. The van der Waals surface area contributed by atoms with E-state index in [-0.39, 0.29) is 11.8 Å². The number of halogens is 1. The van der Waals surface area contributed by atoms with E-state index in [0.29, 0.717) is 18.2 Å². The molecule has 1 N–H and O–H groups in total. The van der Waals surface area contributed by atoms with Gasteiger partial charge in [-0.2, -0.15) is 0 Å². The molecule has 1 aliphatic heterocycles. The van der Waals surface area contributed by atoms with E-state index in [1.807, 2.05) is 12.1 Å². The maximum atomic E-state index is 12.2. The summed E-state index contributed by atoms with van der Waals surface area (Å²) in [6, 6.07) is 7.17. The topological polar surface area (TPSA) is 47.6 Å². The van der Waals surface area contributed by atoms with Gasteiger partial charge in [0.25, 0.3) is 0 Å². The monoisotopic (exact) mass is 295 g/mol. The summed E-state index contributed by atoms with van der Waals surface area (Å²) in [5.74, 6) is -0.305. The summed E-state index contributed by atoms with van der Waals surface area (Å²) in [6.07, 6.45) is 3.20. The molecule has 0 atom stereocenters. The molecule has 1 aromatic rings. The number of nitrogens with one attached hydrogen (secondary N) is 1. The van der Waals surface area contributed by atoms with Crippen molar-refractivity contribution in [1.82, 2.24) is 0 Å². The van der Waals surface area contributed by atoms with Crippen molar-refractivity contribution in [1.29, 1.82) is 0 Å². The summed E-state index contributed by atoms with van der Waals surface area (Å²) >= 11 is 5.83. The van der Waals surface area contributed by atoms with E-state index in [0.717, 1.165) is 31.4 Å². The molecule has 2 fully saturated rings. The highest BCUT2D eigenvalue weighted by Gasteiger charge is 2.41. The molecule has 0 aromatic heterocycles. The van der Waals surface area contributed by atoms with E-state index in [2.05, 4.69) is 5.32 Å². The van der Waals surface area contributed by atoms with Crippen LogP contribution in [-0.4, -0.2) is 24.9 Å². The predicted molar refractivity (Wildman–Crippen MR) is 76.7 cm³/mol. The standard InChI is InChI=1S/C15H18ClNO3/c16-12-1-3-13(4-2-12)17-14(18)11-5-7-15(8-6-11)19-9-10-20-15/h1-4,11H,5-10H2,(H,17,18). The third kappa shape index (κ3) is 2.97. The molecule has 1 aromatic carbocycles. The van der Waals surface area contributed by atoms with Crippen molar-refractivity contribution in [3.63, 3.8) is 0 Å². The summed E-state index contributed by atoms with van der Waals surface area (Å²) in [6.45, 7) is 1.34. The van der Waals surface area contributed by atoms with Crippen LogP contribution >= 0.6 is 11.6 Å². The van der Waals surface area contributed by atoms with Crippen molar-refractivity contribution in [2.45, 2.75) is 31.5 Å². The molecule has 1 heterocycles. The van der Waals surface area contributed by atoms with Gasteiger partial charge in [0.15, 0.2) is 5.79 Å². The fraction of sp³-hybridized carbons (Fsp3) is 0.533. The Kier molecular flexibility index (Phi) is 3.96. The van der Waals surface area contributed by atoms with Crippen LogP contribution in [0.2, 0.25) is 5.02 Å². The Labute approximate surface area is 123 Å². The molecule has 0 radical (unpaired) electrons. The van der Waals surface area contributed by atoms with Gasteiger partial charge in [0, 0.05) is 29.5 Å². The number of benzene rings is 1. The van der Waals surface area contributed by atoms with Crippen molar-refractivity contribution in [2.24, 2.45) is 5.92 Å². The molecule has 20 heavy (non-hydrogen) atoms. The second kappa shape index (κ2) is 5.72. The molecule has 4 nitrogen and oxygen atoms in total. The lowest BCUT2D eigenvalue weighted by Gasteiger charge is -2.34. The largest absolute Gasteiger partial charge is 0.348 e. The Hall–Kier alpha value is -1.10. The average Bonchev–Trinajstić information content (AvgIpc) is 2.90. The highest BCUT2D eigenvalue weighted by Crippen LogP contribution is 2.38. The van der Waals surface area contributed by atoms with Crippen molar-refractivity contribution < 1.29 is 14.3 Å². The lowest BCUT2D eigenvalue weighted by molar-refractivity contribution is -0.182. The van der Waals surface area contributed by atoms with Gasteiger partial charge in [-0.3, -0.25) is 4.79 Å². The van der Waals surface area contributed by atoms with Gasteiger partial charge in [0.1, 0.15) is 0 Å². The Morgan fingerprint density at radius 3 is 2.35 bits per heavy atom. The number of amides is 1. The zero-order valence-electron chi connectivity index (χ0n) is 11.2. The van der Waals surface area contributed by atoms with Gasteiger partial charge < -0.3 is 14.8 Å². The molecule has 1 saturated carbocycles. The molecule has 1 amide bonds.